The molecular weight excluding hydrogens is 541 g/mol. The van der Waals surface area contributed by atoms with Crippen molar-refractivity contribution in [3.63, 3.8) is 0 Å². The van der Waals surface area contributed by atoms with Crippen molar-refractivity contribution in [1.82, 2.24) is 0 Å². The van der Waals surface area contributed by atoms with Crippen LogP contribution in [-0.2, 0) is 10.1 Å². The van der Waals surface area contributed by atoms with Gasteiger partial charge in [-0.1, -0.05) is 47.5 Å². The van der Waals surface area contributed by atoms with E-state index in [0.717, 1.165) is 6.07 Å². The number of anilines is 1. The molecule has 1 amide bonds. The number of rotatable bonds is 6. The van der Waals surface area contributed by atoms with E-state index in [0.29, 0.717) is 27.2 Å². The molecule has 0 radical (unpaired) electrons. The maximum Gasteiger partial charge on any atom is 0.294 e. The topological polar surface area (TPSA) is 138 Å². The Bertz CT molecular complexity index is 1690. The zero-order chi connectivity index (χ0) is 26.9. The minimum Gasteiger partial charge on any atom is -0.505 e. The fraction of sp³-hybridized carbons (Fsp3) is 0.0800. The molecule has 0 fully saturated rings. The SMILES string of the molecule is COc1ccc(NC(=O)c2cc3ccccc3c(N=Nc3cc(Cl)cc(S(=O)(=O)O)c3C)c2O)cc1Cl. The average molecular weight is 560 g/mol. The summed E-state index contributed by atoms with van der Waals surface area (Å²) >= 11 is 12.2. The monoisotopic (exact) mass is 559 g/mol. The van der Waals surface area contributed by atoms with E-state index in [2.05, 4.69) is 15.5 Å². The summed E-state index contributed by atoms with van der Waals surface area (Å²) in [7, 11) is -3.10. The standard InChI is InChI=1S/C25H19Cl2N3O6S/c1-13-20(10-15(26)11-22(13)37(33,34)35)29-30-23-17-6-4-3-5-14(17)9-18(24(23)31)25(32)28-16-7-8-21(36-2)19(27)12-16/h3-12,31H,1-2H3,(H,28,32)(H,33,34,35). The van der Waals surface area contributed by atoms with E-state index in [-0.39, 0.29) is 27.5 Å². The lowest BCUT2D eigenvalue weighted by molar-refractivity contribution is 0.102. The number of fused-ring (bicyclic) bond motifs is 1. The second-order valence-corrected chi connectivity index (χ2v) is 10.1. The Morgan fingerprint density at radius 2 is 1.76 bits per heavy atom. The first-order valence-corrected chi connectivity index (χ1v) is 12.8. The number of carbonyl (C=O) groups is 1. The molecule has 3 N–H and O–H groups in total. The Labute approximate surface area is 222 Å². The number of hydrogen-bond donors (Lipinski definition) is 3. The second kappa shape index (κ2) is 10.3. The number of nitrogens with zero attached hydrogens (tertiary/aromatic N) is 2. The minimum absolute atomic E-state index is 0.00698. The van der Waals surface area contributed by atoms with Crippen LogP contribution in [0.25, 0.3) is 10.8 Å². The number of phenolic OH excluding ortho intramolecular Hbond substituents is 1. The number of ether oxygens (including phenoxy) is 1. The highest BCUT2D eigenvalue weighted by molar-refractivity contribution is 7.85. The van der Waals surface area contributed by atoms with Gasteiger partial charge < -0.3 is 15.2 Å². The summed E-state index contributed by atoms with van der Waals surface area (Å²) in [6, 6.07) is 15.5. The van der Waals surface area contributed by atoms with Crippen LogP contribution in [0.15, 0.2) is 75.8 Å². The van der Waals surface area contributed by atoms with Crippen molar-refractivity contribution in [3.8, 4) is 11.5 Å². The summed E-state index contributed by atoms with van der Waals surface area (Å²) in [4.78, 5) is 12.7. The summed E-state index contributed by atoms with van der Waals surface area (Å²) in [5, 5.41) is 23.3. The molecule has 37 heavy (non-hydrogen) atoms. The molecular formula is C25H19Cl2N3O6S. The molecule has 0 atom stereocenters. The van der Waals surface area contributed by atoms with Gasteiger partial charge >= 0.3 is 0 Å². The zero-order valence-corrected chi connectivity index (χ0v) is 21.7. The second-order valence-electron chi connectivity index (χ2n) is 7.87. The molecule has 0 saturated carbocycles. The highest BCUT2D eigenvalue weighted by atomic mass is 35.5. The summed E-state index contributed by atoms with van der Waals surface area (Å²) in [6.45, 7) is 1.43. The molecule has 0 saturated heterocycles. The van der Waals surface area contributed by atoms with E-state index in [1.54, 1.807) is 36.4 Å². The van der Waals surface area contributed by atoms with Crippen LogP contribution in [0.1, 0.15) is 15.9 Å². The molecule has 0 aliphatic carbocycles. The summed E-state index contributed by atoms with van der Waals surface area (Å²) in [5.41, 5.74) is 0.416. The molecule has 0 aromatic heterocycles. The third-order valence-electron chi connectivity index (χ3n) is 5.48. The van der Waals surface area contributed by atoms with Crippen LogP contribution in [0.4, 0.5) is 17.1 Å². The van der Waals surface area contributed by atoms with Gasteiger partial charge in [-0.05, 0) is 54.3 Å². The van der Waals surface area contributed by atoms with E-state index in [1.807, 2.05) is 0 Å². The number of phenols is 1. The molecule has 4 rings (SSSR count). The maximum absolute atomic E-state index is 13.1. The van der Waals surface area contributed by atoms with Crippen molar-refractivity contribution in [2.24, 2.45) is 10.2 Å². The van der Waals surface area contributed by atoms with Crippen molar-refractivity contribution < 1.29 is 27.6 Å². The number of benzene rings is 4. The van der Waals surface area contributed by atoms with Gasteiger partial charge in [-0.2, -0.15) is 13.5 Å². The van der Waals surface area contributed by atoms with Crippen LogP contribution in [0.2, 0.25) is 10.0 Å². The number of amides is 1. The van der Waals surface area contributed by atoms with Crippen molar-refractivity contribution in [2.75, 3.05) is 12.4 Å². The number of azo groups is 1. The summed E-state index contributed by atoms with van der Waals surface area (Å²) < 4.78 is 38.0. The molecule has 190 valence electrons. The minimum atomic E-state index is -4.57. The number of methoxy groups -OCH3 is 1. The highest BCUT2D eigenvalue weighted by Gasteiger charge is 2.20. The first-order valence-electron chi connectivity index (χ1n) is 10.6. The Kier molecular flexibility index (Phi) is 7.37. The first-order chi connectivity index (χ1) is 17.5. The normalized spacial score (nSPS) is 11.7. The van der Waals surface area contributed by atoms with Gasteiger partial charge in [0.15, 0.2) is 5.75 Å². The molecule has 4 aromatic rings. The van der Waals surface area contributed by atoms with E-state index in [1.165, 1.54) is 32.2 Å². The molecule has 0 spiro atoms. The van der Waals surface area contributed by atoms with Gasteiger partial charge in [0.05, 0.1) is 23.4 Å². The smallest absolute Gasteiger partial charge is 0.294 e. The molecule has 0 bridgehead atoms. The summed E-state index contributed by atoms with van der Waals surface area (Å²) in [6.07, 6.45) is 0. The third-order valence-corrected chi connectivity index (χ3v) is 6.98. The fourth-order valence-electron chi connectivity index (χ4n) is 3.65. The van der Waals surface area contributed by atoms with Gasteiger partial charge in [0.25, 0.3) is 16.0 Å². The maximum atomic E-state index is 13.1. The summed E-state index contributed by atoms with van der Waals surface area (Å²) in [5.74, 6) is -0.646. The lowest BCUT2D eigenvalue weighted by Gasteiger charge is -2.12. The first kappa shape index (κ1) is 26.4. The number of nitrogens with one attached hydrogen (secondary N) is 1. The van der Waals surface area contributed by atoms with Crippen LogP contribution in [0.3, 0.4) is 0 Å². The number of hydrogen-bond acceptors (Lipinski definition) is 7. The third kappa shape index (κ3) is 5.52. The van der Waals surface area contributed by atoms with Gasteiger partial charge in [-0.3, -0.25) is 9.35 Å². The molecule has 9 nitrogen and oxygen atoms in total. The van der Waals surface area contributed by atoms with Crippen LogP contribution in [-0.4, -0.2) is 31.1 Å². The van der Waals surface area contributed by atoms with E-state index in [4.69, 9.17) is 27.9 Å². The molecule has 12 heteroatoms. The van der Waals surface area contributed by atoms with Crippen LogP contribution in [0.5, 0.6) is 11.5 Å². The Hall–Kier alpha value is -3.70. The van der Waals surface area contributed by atoms with Gasteiger partial charge in [-0.15, -0.1) is 5.11 Å². The van der Waals surface area contributed by atoms with Crippen molar-refractivity contribution in [1.29, 1.82) is 0 Å². The highest BCUT2D eigenvalue weighted by Crippen LogP contribution is 2.40. The van der Waals surface area contributed by atoms with Gasteiger partial charge in [-0.25, -0.2) is 0 Å². The van der Waals surface area contributed by atoms with Crippen molar-refractivity contribution in [2.45, 2.75) is 11.8 Å². The quantitative estimate of drug-likeness (QED) is 0.170. The van der Waals surface area contributed by atoms with Gasteiger partial charge in [0.2, 0.25) is 0 Å². The fourth-order valence-corrected chi connectivity index (χ4v) is 4.95. The average Bonchev–Trinajstić information content (AvgIpc) is 2.84. The van der Waals surface area contributed by atoms with Crippen molar-refractivity contribution in [3.05, 3.63) is 81.8 Å². The molecule has 0 heterocycles. The predicted molar refractivity (Wildman–Crippen MR) is 142 cm³/mol. The Morgan fingerprint density at radius 3 is 2.43 bits per heavy atom. The lowest BCUT2D eigenvalue weighted by atomic mass is 10.0. The van der Waals surface area contributed by atoms with Crippen molar-refractivity contribution >= 4 is 67.1 Å². The molecule has 0 unspecified atom stereocenters. The number of halogens is 2. The molecule has 4 aromatic carbocycles. The van der Waals surface area contributed by atoms with E-state index < -0.39 is 26.7 Å². The van der Waals surface area contributed by atoms with E-state index >= 15 is 0 Å². The molecule has 0 aliphatic rings. The Morgan fingerprint density at radius 1 is 1.03 bits per heavy atom. The predicted octanol–water partition coefficient (Wildman–Crippen LogP) is 7.08. The van der Waals surface area contributed by atoms with Crippen LogP contribution in [0, 0.1) is 6.92 Å². The lowest BCUT2D eigenvalue weighted by Crippen LogP contribution is -2.12. The number of aromatic hydroxyl groups is 1. The van der Waals surface area contributed by atoms with Gasteiger partial charge in [0, 0.05) is 16.1 Å². The van der Waals surface area contributed by atoms with Crippen LogP contribution >= 0.6 is 23.2 Å². The molecule has 0 aliphatic heterocycles. The zero-order valence-electron chi connectivity index (χ0n) is 19.4. The Balaban J connectivity index is 1.80. The van der Waals surface area contributed by atoms with Crippen LogP contribution < -0.4 is 10.1 Å². The van der Waals surface area contributed by atoms with Gasteiger partial charge in [0.1, 0.15) is 16.3 Å². The largest absolute Gasteiger partial charge is 0.505 e. The number of carbonyl (C=O) groups excluding carboxylic acids is 1. The van der Waals surface area contributed by atoms with E-state index in [9.17, 15) is 22.9 Å².